The van der Waals surface area contributed by atoms with Gasteiger partial charge in [-0.15, -0.1) is 0 Å². The van der Waals surface area contributed by atoms with Crippen LogP contribution in [0.2, 0.25) is 0 Å². The van der Waals surface area contributed by atoms with Gasteiger partial charge in [-0.05, 0) is 30.4 Å². The molecule has 0 saturated heterocycles. The smallest absolute Gasteiger partial charge is 0.342 e. The highest BCUT2D eigenvalue weighted by atomic mass is 16.6. The minimum Gasteiger partial charge on any atom is -0.477 e. The Morgan fingerprint density at radius 3 is 2.72 bits per heavy atom. The maximum absolute atomic E-state index is 11.0. The lowest BCUT2D eigenvalue weighted by molar-refractivity contribution is -0.385. The Kier molecular flexibility index (Phi) is 2.94. The topological polar surface area (TPSA) is 92.5 Å². The molecule has 0 atom stereocenters. The molecule has 0 aromatic heterocycles. The van der Waals surface area contributed by atoms with Crippen molar-refractivity contribution in [2.45, 2.75) is 19.8 Å². The van der Waals surface area contributed by atoms with Crippen LogP contribution in [0.25, 0.3) is 0 Å². The Morgan fingerprint density at radius 2 is 2.22 bits per heavy atom. The van der Waals surface area contributed by atoms with E-state index in [2.05, 4.69) is 12.2 Å². The summed E-state index contributed by atoms with van der Waals surface area (Å²) < 4.78 is 0. The number of carboxylic acid groups (broad SMARTS) is 1. The lowest BCUT2D eigenvalue weighted by Gasteiger charge is -2.11. The van der Waals surface area contributed by atoms with Crippen molar-refractivity contribution in [2.24, 2.45) is 5.41 Å². The Bertz CT molecular complexity index is 509. The molecule has 1 aliphatic rings. The summed E-state index contributed by atoms with van der Waals surface area (Å²) in [5.41, 5.74) is 0.216. The van der Waals surface area contributed by atoms with Crippen molar-refractivity contribution in [1.82, 2.24) is 0 Å². The second kappa shape index (κ2) is 4.29. The van der Waals surface area contributed by atoms with Gasteiger partial charge in [-0.1, -0.05) is 6.92 Å². The first-order valence-corrected chi connectivity index (χ1v) is 5.67. The minimum absolute atomic E-state index is 0.283. The van der Waals surface area contributed by atoms with Crippen molar-refractivity contribution < 1.29 is 14.8 Å². The molecule has 0 spiro atoms. The average molecular weight is 250 g/mol. The number of aromatic carboxylic acids is 1. The van der Waals surface area contributed by atoms with Gasteiger partial charge in [-0.25, -0.2) is 4.79 Å². The van der Waals surface area contributed by atoms with E-state index in [4.69, 9.17) is 5.11 Å². The van der Waals surface area contributed by atoms with Crippen LogP contribution >= 0.6 is 0 Å². The number of rotatable bonds is 5. The quantitative estimate of drug-likeness (QED) is 0.618. The fourth-order valence-electron chi connectivity index (χ4n) is 1.68. The Balaban J connectivity index is 2.19. The van der Waals surface area contributed by atoms with Crippen molar-refractivity contribution >= 4 is 17.3 Å². The van der Waals surface area contributed by atoms with Gasteiger partial charge in [0.25, 0.3) is 5.69 Å². The van der Waals surface area contributed by atoms with Gasteiger partial charge in [-0.3, -0.25) is 10.1 Å². The number of carboxylic acids is 1. The van der Waals surface area contributed by atoms with Crippen LogP contribution in [0.1, 0.15) is 30.1 Å². The van der Waals surface area contributed by atoms with E-state index in [0.717, 1.165) is 19.4 Å². The van der Waals surface area contributed by atoms with Crippen LogP contribution in [0.4, 0.5) is 11.4 Å². The van der Waals surface area contributed by atoms with Crippen LogP contribution < -0.4 is 5.32 Å². The molecule has 1 aliphatic carbocycles. The van der Waals surface area contributed by atoms with Crippen molar-refractivity contribution in [1.29, 1.82) is 0 Å². The number of hydrogen-bond acceptors (Lipinski definition) is 4. The number of benzene rings is 1. The third kappa shape index (κ3) is 2.58. The molecule has 1 aromatic carbocycles. The summed E-state index contributed by atoms with van der Waals surface area (Å²) >= 11 is 0. The molecule has 6 heteroatoms. The lowest BCUT2D eigenvalue weighted by atomic mass is 10.1. The van der Waals surface area contributed by atoms with Gasteiger partial charge in [0.15, 0.2) is 0 Å². The third-order valence-electron chi connectivity index (χ3n) is 3.25. The van der Waals surface area contributed by atoms with E-state index in [0.29, 0.717) is 5.69 Å². The van der Waals surface area contributed by atoms with Gasteiger partial charge < -0.3 is 10.4 Å². The first-order chi connectivity index (χ1) is 8.41. The number of nitrogens with zero attached hydrogens (tertiary/aromatic N) is 1. The summed E-state index contributed by atoms with van der Waals surface area (Å²) in [5, 5.41) is 22.8. The highest BCUT2D eigenvalue weighted by Gasteiger charge is 2.36. The molecule has 0 bridgehead atoms. The number of nitro groups is 1. The molecule has 0 unspecified atom stereocenters. The molecule has 1 saturated carbocycles. The van der Waals surface area contributed by atoms with Gasteiger partial charge in [0.1, 0.15) is 5.56 Å². The molecule has 18 heavy (non-hydrogen) atoms. The van der Waals surface area contributed by atoms with Gasteiger partial charge in [-0.2, -0.15) is 0 Å². The largest absolute Gasteiger partial charge is 0.477 e. The SMILES string of the molecule is CC1(CNc2ccc([N+](=O)[O-])c(C(=O)O)c2)CC1. The monoisotopic (exact) mass is 250 g/mol. The fraction of sp³-hybridized carbons (Fsp3) is 0.417. The second-order valence-corrected chi connectivity index (χ2v) is 4.96. The predicted octanol–water partition coefficient (Wildman–Crippen LogP) is 2.51. The first-order valence-electron chi connectivity index (χ1n) is 5.67. The summed E-state index contributed by atoms with van der Waals surface area (Å²) in [6, 6.07) is 4.07. The van der Waals surface area contributed by atoms with Crippen molar-refractivity contribution in [3.05, 3.63) is 33.9 Å². The first kappa shape index (κ1) is 12.3. The molecular weight excluding hydrogens is 236 g/mol. The molecule has 1 aromatic rings. The van der Waals surface area contributed by atoms with E-state index in [1.54, 1.807) is 0 Å². The summed E-state index contributed by atoms with van der Waals surface area (Å²) in [4.78, 5) is 21.0. The molecule has 6 nitrogen and oxygen atoms in total. The molecule has 0 heterocycles. The van der Waals surface area contributed by atoms with Gasteiger partial charge in [0, 0.05) is 18.3 Å². The van der Waals surface area contributed by atoms with E-state index in [1.165, 1.54) is 18.2 Å². The molecular formula is C12H14N2O4. The number of nitrogens with one attached hydrogen (secondary N) is 1. The average Bonchev–Trinajstić information content (AvgIpc) is 3.05. The Morgan fingerprint density at radius 1 is 1.56 bits per heavy atom. The van der Waals surface area contributed by atoms with E-state index in [-0.39, 0.29) is 16.7 Å². The zero-order valence-electron chi connectivity index (χ0n) is 9.97. The van der Waals surface area contributed by atoms with Crippen molar-refractivity contribution in [3.8, 4) is 0 Å². The van der Waals surface area contributed by atoms with Crippen LogP contribution in [0.3, 0.4) is 0 Å². The Labute approximate surface area is 104 Å². The van der Waals surface area contributed by atoms with E-state index in [1.807, 2.05) is 0 Å². The number of anilines is 1. The van der Waals surface area contributed by atoms with Crippen LogP contribution in [-0.4, -0.2) is 22.5 Å². The Hall–Kier alpha value is -2.11. The van der Waals surface area contributed by atoms with E-state index >= 15 is 0 Å². The van der Waals surface area contributed by atoms with Crippen LogP contribution in [0.5, 0.6) is 0 Å². The second-order valence-electron chi connectivity index (χ2n) is 4.96. The minimum atomic E-state index is -1.29. The van der Waals surface area contributed by atoms with Crippen molar-refractivity contribution in [3.63, 3.8) is 0 Å². The van der Waals surface area contributed by atoms with Crippen LogP contribution in [0.15, 0.2) is 18.2 Å². The van der Waals surface area contributed by atoms with Gasteiger partial charge in [0.05, 0.1) is 4.92 Å². The van der Waals surface area contributed by atoms with E-state index < -0.39 is 10.9 Å². The number of carbonyl (C=O) groups is 1. The summed E-state index contributed by atoms with van der Waals surface area (Å²) in [6.45, 7) is 2.90. The maximum atomic E-state index is 11.0. The van der Waals surface area contributed by atoms with Crippen molar-refractivity contribution in [2.75, 3.05) is 11.9 Å². The molecule has 2 N–H and O–H groups in total. The van der Waals surface area contributed by atoms with Gasteiger partial charge >= 0.3 is 5.97 Å². The summed E-state index contributed by atoms with van der Waals surface area (Å²) in [7, 11) is 0. The lowest BCUT2D eigenvalue weighted by Crippen LogP contribution is -2.12. The fourth-order valence-corrected chi connectivity index (χ4v) is 1.68. The predicted molar refractivity (Wildman–Crippen MR) is 65.9 cm³/mol. The molecule has 0 amide bonds. The highest BCUT2D eigenvalue weighted by Crippen LogP contribution is 2.44. The standard InChI is InChI=1S/C12H14N2O4/c1-12(4-5-12)7-13-8-2-3-10(14(17)18)9(6-8)11(15)16/h2-3,6,13H,4-5,7H2,1H3,(H,15,16). The van der Waals surface area contributed by atoms with Crippen LogP contribution in [0, 0.1) is 15.5 Å². The molecule has 0 radical (unpaired) electrons. The molecule has 96 valence electrons. The zero-order chi connectivity index (χ0) is 13.3. The number of nitro benzene ring substituents is 1. The molecule has 1 fully saturated rings. The molecule has 0 aliphatic heterocycles. The van der Waals surface area contributed by atoms with Crippen LogP contribution in [-0.2, 0) is 0 Å². The normalized spacial score (nSPS) is 16.1. The van der Waals surface area contributed by atoms with Gasteiger partial charge in [0.2, 0.25) is 0 Å². The highest BCUT2D eigenvalue weighted by molar-refractivity contribution is 5.93. The third-order valence-corrected chi connectivity index (χ3v) is 3.25. The molecule has 2 rings (SSSR count). The maximum Gasteiger partial charge on any atom is 0.342 e. The summed E-state index contributed by atoms with van der Waals surface area (Å²) in [5.74, 6) is -1.29. The zero-order valence-corrected chi connectivity index (χ0v) is 9.97. The number of hydrogen-bond donors (Lipinski definition) is 2. The van der Waals surface area contributed by atoms with E-state index in [9.17, 15) is 14.9 Å². The summed E-state index contributed by atoms with van der Waals surface area (Å²) in [6.07, 6.45) is 2.30.